The van der Waals surface area contributed by atoms with Gasteiger partial charge in [-0.15, -0.1) is 0 Å². The molecule has 0 fully saturated rings. The van der Waals surface area contributed by atoms with E-state index in [2.05, 4.69) is 0 Å². The van der Waals surface area contributed by atoms with Crippen LogP contribution < -0.4 is 14.2 Å². The van der Waals surface area contributed by atoms with Crippen molar-refractivity contribution in [2.24, 2.45) is 0 Å². The molecule has 0 unspecified atom stereocenters. The third-order valence-electron chi connectivity index (χ3n) is 2.57. The second-order valence-electron chi connectivity index (χ2n) is 3.48. The van der Waals surface area contributed by atoms with Crippen molar-refractivity contribution >= 4 is 5.97 Å². The largest absolute Gasteiger partial charge is 0.493 e. The Hall–Kier alpha value is -1.91. The van der Waals surface area contributed by atoms with Crippen molar-refractivity contribution in [3.63, 3.8) is 0 Å². The number of rotatable bonds is 5. The molecule has 0 aliphatic rings. The molecular formula is C12H16O5. The molecule has 0 saturated heterocycles. The van der Waals surface area contributed by atoms with Crippen LogP contribution in [-0.4, -0.2) is 32.4 Å². The molecule has 0 saturated carbocycles. The summed E-state index contributed by atoms with van der Waals surface area (Å²) in [6, 6.07) is 3.33. The Bertz CT molecular complexity index is 414. The van der Waals surface area contributed by atoms with Crippen molar-refractivity contribution in [3.05, 3.63) is 17.7 Å². The van der Waals surface area contributed by atoms with Crippen molar-refractivity contribution in [3.8, 4) is 17.2 Å². The maximum absolute atomic E-state index is 11.0. The Labute approximate surface area is 99.9 Å². The van der Waals surface area contributed by atoms with E-state index >= 15 is 0 Å². The van der Waals surface area contributed by atoms with Crippen LogP contribution in [0.4, 0.5) is 0 Å². The topological polar surface area (TPSA) is 65.0 Å². The van der Waals surface area contributed by atoms with Crippen LogP contribution in [-0.2, 0) is 4.79 Å². The predicted octanol–water partition coefficient (Wildman–Crippen LogP) is 1.90. The standard InChI is InChI=1S/C12H16O5/c1-7(12(13)14)8-5-6-9(15-2)11(17-4)10(8)16-3/h5-7H,1-4H3,(H,13,14)/t7-/m1/s1. The fourth-order valence-corrected chi connectivity index (χ4v) is 1.60. The summed E-state index contributed by atoms with van der Waals surface area (Å²) >= 11 is 0. The van der Waals surface area contributed by atoms with Crippen LogP contribution in [0.3, 0.4) is 0 Å². The van der Waals surface area contributed by atoms with Crippen molar-refractivity contribution < 1.29 is 24.1 Å². The molecule has 94 valence electrons. The number of aliphatic carboxylic acids is 1. The SMILES string of the molecule is COc1ccc([C@@H](C)C(=O)O)c(OC)c1OC. The summed E-state index contributed by atoms with van der Waals surface area (Å²) in [6.07, 6.45) is 0. The zero-order chi connectivity index (χ0) is 13.0. The number of hydrogen-bond donors (Lipinski definition) is 1. The molecule has 0 aliphatic heterocycles. The fraction of sp³-hybridized carbons (Fsp3) is 0.417. The van der Waals surface area contributed by atoms with E-state index in [1.165, 1.54) is 21.3 Å². The molecule has 0 spiro atoms. The predicted molar refractivity (Wildman–Crippen MR) is 62.1 cm³/mol. The minimum Gasteiger partial charge on any atom is -0.493 e. The molecule has 1 aromatic rings. The molecule has 1 aromatic carbocycles. The molecule has 0 amide bonds. The second kappa shape index (κ2) is 5.43. The highest BCUT2D eigenvalue weighted by Gasteiger charge is 2.23. The van der Waals surface area contributed by atoms with E-state index in [9.17, 15) is 4.79 Å². The van der Waals surface area contributed by atoms with Crippen LogP contribution in [0.5, 0.6) is 17.2 Å². The molecule has 0 aliphatic carbocycles. The van der Waals surface area contributed by atoms with Gasteiger partial charge in [-0.2, -0.15) is 0 Å². The number of methoxy groups -OCH3 is 3. The van der Waals surface area contributed by atoms with Crippen LogP contribution >= 0.6 is 0 Å². The summed E-state index contributed by atoms with van der Waals surface area (Å²) in [5.41, 5.74) is 0.553. The van der Waals surface area contributed by atoms with Crippen LogP contribution in [0, 0.1) is 0 Å². The van der Waals surface area contributed by atoms with Gasteiger partial charge in [0.1, 0.15) is 0 Å². The third-order valence-corrected chi connectivity index (χ3v) is 2.57. The monoisotopic (exact) mass is 240 g/mol. The smallest absolute Gasteiger partial charge is 0.310 e. The first-order chi connectivity index (χ1) is 8.06. The number of hydrogen-bond acceptors (Lipinski definition) is 4. The average molecular weight is 240 g/mol. The number of ether oxygens (including phenoxy) is 3. The summed E-state index contributed by atoms with van der Waals surface area (Å²) in [7, 11) is 4.46. The first-order valence-electron chi connectivity index (χ1n) is 5.08. The van der Waals surface area contributed by atoms with Crippen LogP contribution in [0.1, 0.15) is 18.4 Å². The van der Waals surface area contributed by atoms with E-state index in [0.717, 1.165) is 0 Å². The molecule has 1 rings (SSSR count). The Morgan fingerprint density at radius 3 is 2.12 bits per heavy atom. The summed E-state index contributed by atoms with van der Waals surface area (Å²) in [5.74, 6) is -0.298. The summed E-state index contributed by atoms with van der Waals surface area (Å²) < 4.78 is 15.5. The molecule has 0 aromatic heterocycles. The number of carboxylic acid groups (broad SMARTS) is 1. The van der Waals surface area contributed by atoms with Gasteiger partial charge in [0.2, 0.25) is 5.75 Å². The lowest BCUT2D eigenvalue weighted by molar-refractivity contribution is -0.138. The first kappa shape index (κ1) is 13.2. The molecule has 0 heterocycles. The summed E-state index contributed by atoms with van der Waals surface area (Å²) in [4.78, 5) is 11.0. The Kier molecular flexibility index (Phi) is 4.20. The number of benzene rings is 1. The van der Waals surface area contributed by atoms with Gasteiger partial charge in [0.15, 0.2) is 11.5 Å². The average Bonchev–Trinajstić information content (AvgIpc) is 2.35. The van der Waals surface area contributed by atoms with Crippen molar-refractivity contribution in [2.45, 2.75) is 12.8 Å². The highest BCUT2D eigenvalue weighted by atomic mass is 16.5. The van der Waals surface area contributed by atoms with Crippen molar-refractivity contribution in [1.29, 1.82) is 0 Å². The fourth-order valence-electron chi connectivity index (χ4n) is 1.60. The van der Waals surface area contributed by atoms with Gasteiger partial charge in [-0.05, 0) is 13.0 Å². The molecular weight excluding hydrogens is 224 g/mol. The summed E-state index contributed by atoms with van der Waals surface area (Å²) in [5, 5.41) is 9.02. The van der Waals surface area contributed by atoms with Crippen molar-refractivity contribution in [2.75, 3.05) is 21.3 Å². The third kappa shape index (κ3) is 2.43. The number of carboxylic acids is 1. The van der Waals surface area contributed by atoms with Gasteiger partial charge in [0.05, 0.1) is 27.2 Å². The van der Waals surface area contributed by atoms with E-state index in [1.54, 1.807) is 19.1 Å². The highest BCUT2D eigenvalue weighted by molar-refractivity contribution is 5.78. The van der Waals surface area contributed by atoms with Gasteiger partial charge >= 0.3 is 5.97 Å². The van der Waals surface area contributed by atoms with E-state index in [1.807, 2.05) is 0 Å². The zero-order valence-corrected chi connectivity index (χ0v) is 10.3. The van der Waals surface area contributed by atoms with E-state index in [4.69, 9.17) is 19.3 Å². The molecule has 17 heavy (non-hydrogen) atoms. The van der Waals surface area contributed by atoms with Crippen molar-refractivity contribution in [1.82, 2.24) is 0 Å². The van der Waals surface area contributed by atoms with Crippen LogP contribution in [0.25, 0.3) is 0 Å². The van der Waals surface area contributed by atoms with Gasteiger partial charge in [-0.3, -0.25) is 4.79 Å². The maximum Gasteiger partial charge on any atom is 0.310 e. The molecule has 0 bridgehead atoms. The van der Waals surface area contributed by atoms with Gasteiger partial charge < -0.3 is 19.3 Å². The molecule has 5 nitrogen and oxygen atoms in total. The lowest BCUT2D eigenvalue weighted by Gasteiger charge is -2.17. The van der Waals surface area contributed by atoms with Crippen LogP contribution in [0.15, 0.2) is 12.1 Å². The Morgan fingerprint density at radius 2 is 1.71 bits per heavy atom. The van der Waals surface area contributed by atoms with E-state index in [-0.39, 0.29) is 0 Å². The zero-order valence-electron chi connectivity index (χ0n) is 10.3. The highest BCUT2D eigenvalue weighted by Crippen LogP contribution is 2.42. The number of carbonyl (C=O) groups is 1. The maximum atomic E-state index is 11.0. The first-order valence-corrected chi connectivity index (χ1v) is 5.08. The van der Waals surface area contributed by atoms with Gasteiger partial charge in [0.25, 0.3) is 0 Å². The Balaban J connectivity index is 3.37. The molecule has 0 radical (unpaired) electrons. The van der Waals surface area contributed by atoms with E-state index < -0.39 is 11.9 Å². The Morgan fingerprint density at radius 1 is 1.12 bits per heavy atom. The minimum absolute atomic E-state index is 0.391. The summed E-state index contributed by atoms with van der Waals surface area (Å²) in [6.45, 7) is 1.59. The van der Waals surface area contributed by atoms with Gasteiger partial charge in [0, 0.05) is 5.56 Å². The lowest BCUT2D eigenvalue weighted by atomic mass is 9.99. The van der Waals surface area contributed by atoms with Gasteiger partial charge in [-0.1, -0.05) is 6.07 Å². The molecule has 5 heteroatoms. The van der Waals surface area contributed by atoms with E-state index in [0.29, 0.717) is 22.8 Å². The second-order valence-corrected chi connectivity index (χ2v) is 3.48. The molecule has 1 N–H and O–H groups in total. The minimum atomic E-state index is -0.921. The normalized spacial score (nSPS) is 11.8. The molecule has 1 atom stereocenters. The quantitative estimate of drug-likeness (QED) is 0.851. The van der Waals surface area contributed by atoms with Crippen LogP contribution in [0.2, 0.25) is 0 Å². The lowest BCUT2D eigenvalue weighted by Crippen LogP contribution is -2.09. The van der Waals surface area contributed by atoms with Gasteiger partial charge in [-0.25, -0.2) is 0 Å².